The van der Waals surface area contributed by atoms with Crippen molar-refractivity contribution < 1.29 is 4.79 Å². The standard InChI is InChI=1S/C21H22BrN3O2/c1-13(2)12-25-20(26)17-8-6-5-7-16(17)19(23-25)21(27)24(4)18-10-9-15(22)11-14(18)3/h5-11,13H,12H2,1-4H3. The molecule has 3 rings (SSSR count). The molecule has 1 amide bonds. The number of halogens is 1. The SMILES string of the molecule is Cc1cc(Br)ccc1N(C)C(=O)c1nn(CC(C)C)c(=O)c2ccccc12. The van der Waals surface area contributed by atoms with E-state index in [1.165, 1.54) is 4.68 Å². The van der Waals surface area contributed by atoms with Gasteiger partial charge < -0.3 is 4.90 Å². The topological polar surface area (TPSA) is 55.2 Å². The Kier molecular flexibility index (Phi) is 5.46. The fourth-order valence-electron chi connectivity index (χ4n) is 3.13. The Hall–Kier alpha value is -2.47. The minimum atomic E-state index is -0.242. The lowest BCUT2D eigenvalue weighted by Gasteiger charge is -2.21. The van der Waals surface area contributed by atoms with Crippen molar-refractivity contribution in [3.05, 3.63) is 68.5 Å². The fourth-order valence-corrected chi connectivity index (χ4v) is 3.60. The predicted octanol–water partition coefficient (Wildman–Crippen LogP) is 4.40. The van der Waals surface area contributed by atoms with Gasteiger partial charge in [-0.3, -0.25) is 9.59 Å². The van der Waals surface area contributed by atoms with Gasteiger partial charge in [-0.05, 0) is 42.7 Å². The molecule has 0 atom stereocenters. The molecule has 1 heterocycles. The number of aromatic nitrogens is 2. The molecule has 0 aliphatic heterocycles. The van der Waals surface area contributed by atoms with Crippen molar-refractivity contribution in [3.8, 4) is 0 Å². The third kappa shape index (κ3) is 3.81. The van der Waals surface area contributed by atoms with Crippen LogP contribution in [0.2, 0.25) is 0 Å². The Bertz CT molecular complexity index is 1070. The molecule has 1 aromatic heterocycles. The van der Waals surface area contributed by atoms with Gasteiger partial charge in [0.05, 0.1) is 5.39 Å². The van der Waals surface area contributed by atoms with Gasteiger partial charge in [0.25, 0.3) is 11.5 Å². The molecule has 0 fully saturated rings. The van der Waals surface area contributed by atoms with Crippen molar-refractivity contribution in [1.29, 1.82) is 0 Å². The lowest BCUT2D eigenvalue weighted by molar-refractivity contribution is 0.0987. The highest BCUT2D eigenvalue weighted by atomic mass is 79.9. The monoisotopic (exact) mass is 427 g/mol. The average molecular weight is 428 g/mol. The van der Waals surface area contributed by atoms with Gasteiger partial charge in [-0.1, -0.05) is 48.0 Å². The van der Waals surface area contributed by atoms with E-state index >= 15 is 0 Å². The van der Waals surface area contributed by atoms with Crippen LogP contribution < -0.4 is 10.5 Å². The van der Waals surface area contributed by atoms with Gasteiger partial charge in [0.2, 0.25) is 0 Å². The third-order valence-electron chi connectivity index (χ3n) is 4.43. The van der Waals surface area contributed by atoms with Crippen molar-refractivity contribution in [2.75, 3.05) is 11.9 Å². The summed E-state index contributed by atoms with van der Waals surface area (Å²) in [5, 5.41) is 5.53. The van der Waals surface area contributed by atoms with Gasteiger partial charge in [0, 0.05) is 29.1 Å². The zero-order valence-corrected chi connectivity index (χ0v) is 17.4. The second-order valence-electron chi connectivity index (χ2n) is 7.07. The Morgan fingerprint density at radius 1 is 1.19 bits per heavy atom. The van der Waals surface area contributed by atoms with E-state index in [1.54, 1.807) is 30.1 Å². The fraction of sp³-hybridized carbons (Fsp3) is 0.286. The molecule has 3 aromatic rings. The molecular weight excluding hydrogens is 406 g/mol. The molecule has 0 N–H and O–H groups in total. The first-order chi connectivity index (χ1) is 12.8. The number of hydrogen-bond donors (Lipinski definition) is 0. The summed E-state index contributed by atoms with van der Waals surface area (Å²) in [5.74, 6) is -0.000101. The Labute approximate surface area is 166 Å². The molecular formula is C21H22BrN3O2. The number of aryl methyl sites for hydroxylation is 1. The van der Waals surface area contributed by atoms with Crippen LogP contribution in [0.15, 0.2) is 51.7 Å². The van der Waals surface area contributed by atoms with Gasteiger partial charge in [-0.2, -0.15) is 5.10 Å². The maximum Gasteiger partial charge on any atom is 0.279 e. The van der Waals surface area contributed by atoms with Crippen molar-refractivity contribution in [2.45, 2.75) is 27.3 Å². The number of fused-ring (bicyclic) bond motifs is 1. The van der Waals surface area contributed by atoms with Crippen LogP contribution in [-0.4, -0.2) is 22.7 Å². The molecule has 5 nitrogen and oxygen atoms in total. The number of carbonyl (C=O) groups is 1. The van der Waals surface area contributed by atoms with E-state index in [-0.39, 0.29) is 23.1 Å². The molecule has 27 heavy (non-hydrogen) atoms. The van der Waals surface area contributed by atoms with Crippen LogP contribution in [0.5, 0.6) is 0 Å². The summed E-state index contributed by atoms with van der Waals surface area (Å²) in [7, 11) is 1.73. The summed E-state index contributed by atoms with van der Waals surface area (Å²) < 4.78 is 2.36. The zero-order valence-electron chi connectivity index (χ0n) is 15.9. The normalized spacial score (nSPS) is 11.2. The molecule has 0 spiro atoms. The smallest absolute Gasteiger partial charge is 0.279 e. The van der Waals surface area contributed by atoms with E-state index in [1.807, 2.05) is 45.0 Å². The van der Waals surface area contributed by atoms with Gasteiger partial charge in [-0.25, -0.2) is 4.68 Å². The summed E-state index contributed by atoms with van der Waals surface area (Å²) >= 11 is 3.45. The first-order valence-corrected chi connectivity index (χ1v) is 9.63. The zero-order chi connectivity index (χ0) is 19.7. The highest BCUT2D eigenvalue weighted by Gasteiger charge is 2.22. The summed E-state index contributed by atoms with van der Waals surface area (Å²) in [6.45, 7) is 6.45. The Balaban J connectivity index is 2.16. The van der Waals surface area contributed by atoms with Crippen molar-refractivity contribution in [1.82, 2.24) is 9.78 Å². The third-order valence-corrected chi connectivity index (χ3v) is 4.93. The minimum Gasteiger partial charge on any atom is -0.310 e. The minimum absolute atomic E-state index is 0.168. The first-order valence-electron chi connectivity index (χ1n) is 8.83. The highest BCUT2D eigenvalue weighted by molar-refractivity contribution is 9.10. The molecule has 0 saturated heterocycles. The first kappa shape index (κ1) is 19.3. The maximum atomic E-state index is 13.3. The Morgan fingerprint density at radius 2 is 1.85 bits per heavy atom. The highest BCUT2D eigenvalue weighted by Crippen LogP contribution is 2.25. The number of carbonyl (C=O) groups excluding carboxylic acids is 1. The van der Waals surface area contributed by atoms with E-state index in [4.69, 9.17) is 0 Å². The van der Waals surface area contributed by atoms with E-state index in [0.717, 1.165) is 15.7 Å². The largest absolute Gasteiger partial charge is 0.310 e. The van der Waals surface area contributed by atoms with E-state index in [9.17, 15) is 9.59 Å². The van der Waals surface area contributed by atoms with Crippen molar-refractivity contribution in [3.63, 3.8) is 0 Å². The number of benzene rings is 2. The van der Waals surface area contributed by atoms with Crippen LogP contribution >= 0.6 is 15.9 Å². The van der Waals surface area contributed by atoms with Crippen LogP contribution in [-0.2, 0) is 6.54 Å². The van der Waals surface area contributed by atoms with Gasteiger partial charge in [0.15, 0.2) is 5.69 Å². The van der Waals surface area contributed by atoms with Gasteiger partial charge >= 0.3 is 0 Å². The summed E-state index contributed by atoms with van der Waals surface area (Å²) in [6, 6.07) is 12.9. The average Bonchev–Trinajstić information content (AvgIpc) is 2.62. The van der Waals surface area contributed by atoms with Crippen molar-refractivity contribution in [2.24, 2.45) is 5.92 Å². The van der Waals surface area contributed by atoms with E-state index in [2.05, 4.69) is 21.0 Å². The molecule has 0 aliphatic carbocycles. The van der Waals surface area contributed by atoms with Crippen LogP contribution in [0.25, 0.3) is 10.8 Å². The lowest BCUT2D eigenvalue weighted by atomic mass is 10.1. The number of hydrogen-bond acceptors (Lipinski definition) is 3. The van der Waals surface area contributed by atoms with E-state index in [0.29, 0.717) is 17.3 Å². The summed E-state index contributed by atoms with van der Waals surface area (Å²) in [6.07, 6.45) is 0. The molecule has 0 bridgehead atoms. The molecule has 0 unspecified atom stereocenters. The van der Waals surface area contributed by atoms with Crippen LogP contribution in [0.1, 0.15) is 29.9 Å². The second-order valence-corrected chi connectivity index (χ2v) is 7.99. The van der Waals surface area contributed by atoms with Gasteiger partial charge in [0.1, 0.15) is 0 Å². The molecule has 0 radical (unpaired) electrons. The Morgan fingerprint density at radius 3 is 2.48 bits per heavy atom. The van der Waals surface area contributed by atoms with E-state index < -0.39 is 0 Å². The summed E-state index contributed by atoms with van der Waals surface area (Å²) in [5.41, 5.74) is 1.89. The number of anilines is 1. The van der Waals surface area contributed by atoms with Crippen LogP contribution in [0.3, 0.4) is 0 Å². The lowest BCUT2D eigenvalue weighted by Crippen LogP contribution is -2.33. The number of rotatable bonds is 4. The van der Waals surface area contributed by atoms with Crippen LogP contribution in [0.4, 0.5) is 5.69 Å². The quantitative estimate of drug-likeness (QED) is 0.619. The van der Waals surface area contributed by atoms with Crippen molar-refractivity contribution >= 4 is 38.3 Å². The molecule has 0 saturated carbocycles. The number of nitrogens with zero attached hydrogens (tertiary/aromatic N) is 3. The number of amides is 1. The van der Waals surface area contributed by atoms with Gasteiger partial charge in [-0.15, -0.1) is 0 Å². The molecule has 140 valence electrons. The van der Waals surface area contributed by atoms with Crippen LogP contribution in [0, 0.1) is 12.8 Å². The summed E-state index contributed by atoms with van der Waals surface area (Å²) in [4.78, 5) is 27.6. The second kappa shape index (κ2) is 7.64. The molecule has 6 heteroatoms. The predicted molar refractivity (Wildman–Crippen MR) is 112 cm³/mol. The molecule has 0 aliphatic rings. The molecule has 2 aromatic carbocycles. The maximum absolute atomic E-state index is 13.3.